The zero-order valence-electron chi connectivity index (χ0n) is 14.1. The van der Waals surface area contributed by atoms with E-state index in [2.05, 4.69) is 4.98 Å². The quantitative estimate of drug-likeness (QED) is 0.420. The van der Waals surface area contributed by atoms with Crippen LogP contribution in [0.25, 0.3) is 5.57 Å². The van der Waals surface area contributed by atoms with Crippen molar-refractivity contribution in [2.24, 2.45) is 0 Å². The second-order valence-corrected chi connectivity index (χ2v) is 5.98. The average Bonchev–Trinajstić information content (AvgIpc) is 2.72. The van der Waals surface area contributed by atoms with E-state index in [1.807, 2.05) is 6.07 Å². The van der Waals surface area contributed by atoms with Gasteiger partial charge in [-0.1, -0.05) is 18.2 Å². The summed E-state index contributed by atoms with van der Waals surface area (Å²) in [6.07, 6.45) is 4.88. The summed E-state index contributed by atoms with van der Waals surface area (Å²) >= 11 is 0. The van der Waals surface area contributed by atoms with Gasteiger partial charge < -0.3 is 19.7 Å². The van der Waals surface area contributed by atoms with E-state index in [0.717, 1.165) is 0 Å². The van der Waals surface area contributed by atoms with Crippen molar-refractivity contribution in [2.75, 3.05) is 0 Å². The zero-order valence-corrected chi connectivity index (χ0v) is 14.1. The van der Waals surface area contributed by atoms with Crippen LogP contribution < -0.4 is 9.47 Å². The van der Waals surface area contributed by atoms with Gasteiger partial charge in [0.15, 0.2) is 11.5 Å². The number of aromatic hydroxyl groups is 2. The van der Waals surface area contributed by atoms with Crippen LogP contribution in [-0.2, 0) is 6.42 Å². The molecule has 6 heteroatoms. The highest BCUT2D eigenvalue weighted by molar-refractivity contribution is 5.91. The number of hydrogen-bond acceptors (Lipinski definition) is 6. The van der Waals surface area contributed by atoms with Crippen molar-refractivity contribution in [1.82, 2.24) is 4.98 Å². The maximum Gasteiger partial charge on any atom is 0.345 e. The molecular formula is C21H15NO5. The Kier molecular flexibility index (Phi) is 4.22. The molecule has 1 aliphatic rings. The fourth-order valence-corrected chi connectivity index (χ4v) is 2.88. The number of hydrogen-bond donors (Lipinski definition) is 2. The first-order chi connectivity index (χ1) is 13.1. The molecule has 1 aliphatic heterocycles. The molecule has 0 bridgehead atoms. The Morgan fingerprint density at radius 3 is 2.74 bits per heavy atom. The number of rotatable bonds is 3. The van der Waals surface area contributed by atoms with Crippen molar-refractivity contribution in [2.45, 2.75) is 6.42 Å². The standard InChI is InChI=1S/C21H15NO5/c23-17-7-8-18-16(20(17)24)10-14(12-26-18)15-5-1-2-6-19(15)27-21(25)13-4-3-9-22-11-13/h1-9,11-12,23-24H,10H2. The molecule has 0 fully saturated rings. The van der Waals surface area contributed by atoms with Gasteiger partial charge in [-0.25, -0.2) is 4.79 Å². The molecule has 0 saturated carbocycles. The van der Waals surface area contributed by atoms with Gasteiger partial charge in [0.1, 0.15) is 11.5 Å². The number of para-hydroxylation sites is 1. The molecule has 0 saturated heterocycles. The number of esters is 1. The number of pyridine rings is 1. The van der Waals surface area contributed by atoms with Crippen molar-refractivity contribution >= 4 is 11.5 Å². The second kappa shape index (κ2) is 6.84. The van der Waals surface area contributed by atoms with E-state index in [-0.39, 0.29) is 11.5 Å². The Labute approximate surface area is 155 Å². The summed E-state index contributed by atoms with van der Waals surface area (Å²) in [5.41, 5.74) is 2.18. The number of ether oxygens (including phenoxy) is 2. The summed E-state index contributed by atoms with van der Waals surface area (Å²) < 4.78 is 11.1. The molecule has 27 heavy (non-hydrogen) atoms. The fraction of sp³-hybridized carbons (Fsp3) is 0.0476. The van der Waals surface area contributed by atoms with Crippen LogP contribution in [0.3, 0.4) is 0 Å². The van der Waals surface area contributed by atoms with Crippen LogP contribution in [0, 0.1) is 0 Å². The minimum Gasteiger partial charge on any atom is -0.504 e. The number of carbonyl (C=O) groups is 1. The molecule has 2 N–H and O–H groups in total. The molecule has 0 aliphatic carbocycles. The van der Waals surface area contributed by atoms with Gasteiger partial charge in [-0.3, -0.25) is 4.98 Å². The third-order valence-corrected chi connectivity index (χ3v) is 4.25. The number of phenols is 2. The number of benzene rings is 2. The van der Waals surface area contributed by atoms with Crippen LogP contribution in [-0.4, -0.2) is 21.2 Å². The Hall–Kier alpha value is -3.80. The van der Waals surface area contributed by atoms with Crippen LogP contribution in [0.15, 0.2) is 67.2 Å². The number of fused-ring (bicyclic) bond motifs is 1. The monoisotopic (exact) mass is 361 g/mol. The first-order valence-electron chi connectivity index (χ1n) is 8.24. The molecule has 2 aromatic carbocycles. The Morgan fingerprint density at radius 1 is 1.07 bits per heavy atom. The number of aromatic nitrogens is 1. The van der Waals surface area contributed by atoms with E-state index in [1.54, 1.807) is 48.9 Å². The molecule has 0 amide bonds. The molecule has 0 unspecified atom stereocenters. The highest BCUT2D eigenvalue weighted by Crippen LogP contribution is 2.42. The average molecular weight is 361 g/mol. The van der Waals surface area contributed by atoms with E-state index in [0.29, 0.717) is 40.2 Å². The minimum atomic E-state index is -0.520. The van der Waals surface area contributed by atoms with Crippen LogP contribution in [0.2, 0.25) is 0 Å². The van der Waals surface area contributed by atoms with Crippen LogP contribution >= 0.6 is 0 Å². The third-order valence-electron chi connectivity index (χ3n) is 4.25. The van der Waals surface area contributed by atoms with E-state index >= 15 is 0 Å². The highest BCUT2D eigenvalue weighted by atomic mass is 16.5. The lowest BCUT2D eigenvalue weighted by molar-refractivity contribution is 0.0733. The summed E-state index contributed by atoms with van der Waals surface area (Å²) in [6, 6.07) is 13.3. The number of allylic oxidation sites excluding steroid dienone is 1. The molecule has 2 heterocycles. The first kappa shape index (κ1) is 16.7. The van der Waals surface area contributed by atoms with Crippen molar-refractivity contribution < 1.29 is 24.5 Å². The molecule has 1 aromatic heterocycles. The first-order valence-corrected chi connectivity index (χ1v) is 8.24. The van der Waals surface area contributed by atoms with Gasteiger partial charge in [0.05, 0.1) is 11.8 Å². The van der Waals surface area contributed by atoms with Crippen molar-refractivity contribution in [3.63, 3.8) is 0 Å². The molecule has 4 rings (SSSR count). The largest absolute Gasteiger partial charge is 0.504 e. The predicted molar refractivity (Wildman–Crippen MR) is 97.7 cm³/mol. The van der Waals surface area contributed by atoms with Gasteiger partial charge in [0, 0.05) is 35.5 Å². The van der Waals surface area contributed by atoms with E-state index in [9.17, 15) is 15.0 Å². The van der Waals surface area contributed by atoms with Gasteiger partial charge in [-0.05, 0) is 30.3 Å². The van der Waals surface area contributed by atoms with Gasteiger partial charge >= 0.3 is 5.97 Å². The molecule has 0 radical (unpaired) electrons. The summed E-state index contributed by atoms with van der Waals surface area (Å²) in [7, 11) is 0. The van der Waals surface area contributed by atoms with Gasteiger partial charge in [-0.2, -0.15) is 0 Å². The van der Waals surface area contributed by atoms with Crippen molar-refractivity contribution in [3.05, 3.63) is 83.9 Å². The lowest BCUT2D eigenvalue weighted by atomic mass is 9.95. The lowest BCUT2D eigenvalue weighted by Crippen LogP contribution is -2.11. The zero-order chi connectivity index (χ0) is 18.8. The lowest BCUT2D eigenvalue weighted by Gasteiger charge is -2.20. The summed E-state index contributed by atoms with van der Waals surface area (Å²) in [4.78, 5) is 16.3. The predicted octanol–water partition coefficient (Wildman–Crippen LogP) is 3.69. The smallest absolute Gasteiger partial charge is 0.345 e. The maximum absolute atomic E-state index is 12.4. The van der Waals surface area contributed by atoms with E-state index in [1.165, 1.54) is 12.3 Å². The van der Waals surface area contributed by atoms with Crippen molar-refractivity contribution in [1.29, 1.82) is 0 Å². The van der Waals surface area contributed by atoms with Crippen LogP contribution in [0.1, 0.15) is 21.5 Å². The molecule has 134 valence electrons. The molecule has 3 aromatic rings. The van der Waals surface area contributed by atoms with Gasteiger partial charge in [-0.15, -0.1) is 0 Å². The molecule has 0 atom stereocenters. The van der Waals surface area contributed by atoms with Gasteiger partial charge in [0.25, 0.3) is 0 Å². The highest BCUT2D eigenvalue weighted by Gasteiger charge is 2.22. The Balaban J connectivity index is 1.65. The second-order valence-electron chi connectivity index (χ2n) is 5.98. The summed E-state index contributed by atoms with van der Waals surface area (Å²) in [6.45, 7) is 0. The number of nitrogens with zero attached hydrogens (tertiary/aromatic N) is 1. The van der Waals surface area contributed by atoms with Crippen LogP contribution in [0.5, 0.6) is 23.0 Å². The summed E-state index contributed by atoms with van der Waals surface area (Å²) in [5, 5.41) is 19.9. The topological polar surface area (TPSA) is 88.9 Å². The summed E-state index contributed by atoms with van der Waals surface area (Å²) in [5.74, 6) is -0.116. The number of phenolic OH excluding ortho intramolecular Hbond substituents is 2. The van der Waals surface area contributed by atoms with E-state index < -0.39 is 5.97 Å². The number of carbonyl (C=O) groups excluding carboxylic acids is 1. The van der Waals surface area contributed by atoms with Crippen LogP contribution in [0.4, 0.5) is 0 Å². The Morgan fingerprint density at radius 2 is 1.93 bits per heavy atom. The van der Waals surface area contributed by atoms with Gasteiger partial charge in [0.2, 0.25) is 0 Å². The Bertz CT molecular complexity index is 1040. The molecule has 0 spiro atoms. The SMILES string of the molecule is O=C(Oc1ccccc1C1=COc2ccc(O)c(O)c2C1)c1cccnc1. The third kappa shape index (κ3) is 3.20. The molecule has 6 nitrogen and oxygen atoms in total. The molecular weight excluding hydrogens is 346 g/mol. The van der Waals surface area contributed by atoms with E-state index in [4.69, 9.17) is 9.47 Å². The van der Waals surface area contributed by atoms with Crippen molar-refractivity contribution in [3.8, 4) is 23.0 Å². The normalized spacial score (nSPS) is 12.5. The maximum atomic E-state index is 12.4. The fourth-order valence-electron chi connectivity index (χ4n) is 2.88. The minimum absolute atomic E-state index is 0.213.